The molecule has 4 aromatic rings. The van der Waals surface area contributed by atoms with Crippen molar-refractivity contribution in [3.8, 4) is 17.2 Å². The van der Waals surface area contributed by atoms with Gasteiger partial charge in [0.2, 0.25) is 0 Å². The van der Waals surface area contributed by atoms with Gasteiger partial charge in [0.05, 0.1) is 44.2 Å². The van der Waals surface area contributed by atoms with E-state index >= 15 is 0 Å². The topological polar surface area (TPSA) is 83.2 Å². The summed E-state index contributed by atoms with van der Waals surface area (Å²) in [4.78, 5) is 17.6. The lowest BCUT2D eigenvalue weighted by molar-refractivity contribution is 0.406. The molecule has 0 saturated heterocycles. The number of nitrogens with one attached hydrogen (secondary N) is 1. The van der Waals surface area contributed by atoms with E-state index in [1.165, 1.54) is 11.8 Å². The summed E-state index contributed by atoms with van der Waals surface area (Å²) in [6.07, 6.45) is 5.19. The lowest BCUT2D eigenvalue weighted by Gasteiger charge is -2.18. The Balaban J connectivity index is 1.71. The first-order valence-corrected chi connectivity index (χ1v) is 10.2. The van der Waals surface area contributed by atoms with Gasteiger partial charge in [-0.25, -0.2) is 9.67 Å². The predicted molar refractivity (Wildman–Crippen MR) is 123 cm³/mol. The van der Waals surface area contributed by atoms with Crippen molar-refractivity contribution in [1.29, 1.82) is 0 Å². The van der Waals surface area contributed by atoms with E-state index in [0.29, 0.717) is 22.9 Å². The average Bonchev–Trinajstić information content (AvgIpc) is 3.26. The third-order valence-electron chi connectivity index (χ3n) is 5.28. The molecule has 0 spiro atoms. The van der Waals surface area contributed by atoms with Crippen molar-refractivity contribution in [2.45, 2.75) is 19.9 Å². The van der Waals surface area contributed by atoms with E-state index in [4.69, 9.17) is 9.47 Å². The van der Waals surface area contributed by atoms with Crippen LogP contribution < -0.4 is 20.3 Å². The van der Waals surface area contributed by atoms with Crippen LogP contribution in [0, 0.1) is 6.92 Å². The number of hydrogen-bond donors (Lipinski definition) is 1. The van der Waals surface area contributed by atoms with Crippen LogP contribution >= 0.6 is 0 Å². The summed E-state index contributed by atoms with van der Waals surface area (Å²) in [7, 11) is 3.12. The van der Waals surface area contributed by atoms with Gasteiger partial charge in [0, 0.05) is 18.0 Å². The lowest BCUT2D eigenvalue weighted by Crippen LogP contribution is -2.28. The molecular formula is C24H25N5O3. The van der Waals surface area contributed by atoms with Gasteiger partial charge in [-0.05, 0) is 31.5 Å². The molecule has 1 unspecified atom stereocenters. The molecule has 8 nitrogen and oxygen atoms in total. The minimum Gasteiger partial charge on any atom is -0.494 e. The minimum absolute atomic E-state index is 0.239. The number of aromatic nitrogens is 4. The Kier molecular flexibility index (Phi) is 5.93. The largest absolute Gasteiger partial charge is 0.494 e. The van der Waals surface area contributed by atoms with Gasteiger partial charge >= 0.3 is 0 Å². The number of nitrogens with zero attached hydrogens (tertiary/aromatic N) is 4. The first-order valence-electron chi connectivity index (χ1n) is 10.2. The molecule has 2 heterocycles. The standard InChI is InChI=1S/C24H25N5O3/c1-16-14-28(15-25-16)20-11-10-19(12-21(20)31-3)27-23-22(32-4)13-26-29(24(23)30)17(2)18-8-6-5-7-9-18/h5-15,17,27H,1-4H3. The van der Waals surface area contributed by atoms with Crippen molar-refractivity contribution in [1.82, 2.24) is 19.3 Å². The number of anilines is 2. The third-order valence-corrected chi connectivity index (χ3v) is 5.28. The molecule has 8 heteroatoms. The van der Waals surface area contributed by atoms with E-state index in [1.807, 2.05) is 73.1 Å². The van der Waals surface area contributed by atoms with Crippen LogP contribution in [0.5, 0.6) is 11.5 Å². The SMILES string of the molecule is COc1cc(Nc2c(OC)cnn(C(C)c3ccccc3)c2=O)ccc1-n1cnc(C)c1. The molecule has 164 valence electrons. The van der Waals surface area contributed by atoms with E-state index < -0.39 is 0 Å². The van der Waals surface area contributed by atoms with Gasteiger partial charge in [0.15, 0.2) is 11.4 Å². The fraction of sp³-hybridized carbons (Fsp3) is 0.208. The van der Waals surface area contributed by atoms with Crippen molar-refractivity contribution >= 4 is 11.4 Å². The van der Waals surface area contributed by atoms with Gasteiger partial charge in [-0.15, -0.1) is 0 Å². The fourth-order valence-electron chi connectivity index (χ4n) is 3.54. The summed E-state index contributed by atoms with van der Waals surface area (Å²) in [5, 5.41) is 7.52. The lowest BCUT2D eigenvalue weighted by atomic mass is 10.1. The second-order valence-electron chi connectivity index (χ2n) is 7.36. The van der Waals surface area contributed by atoms with Crippen LogP contribution in [0.25, 0.3) is 5.69 Å². The predicted octanol–water partition coefficient (Wildman–Crippen LogP) is 4.11. The zero-order valence-corrected chi connectivity index (χ0v) is 18.4. The normalized spacial score (nSPS) is 11.8. The third kappa shape index (κ3) is 4.07. The van der Waals surface area contributed by atoms with Crippen molar-refractivity contribution in [2.24, 2.45) is 0 Å². The van der Waals surface area contributed by atoms with Crippen LogP contribution in [0.4, 0.5) is 11.4 Å². The molecule has 0 fully saturated rings. The van der Waals surface area contributed by atoms with E-state index in [0.717, 1.165) is 16.9 Å². The Bertz CT molecular complexity index is 1280. The second-order valence-corrected chi connectivity index (χ2v) is 7.36. The van der Waals surface area contributed by atoms with E-state index in [-0.39, 0.29) is 11.6 Å². The first-order chi connectivity index (χ1) is 15.5. The Morgan fingerprint density at radius 3 is 2.44 bits per heavy atom. The summed E-state index contributed by atoms with van der Waals surface area (Å²) in [5.74, 6) is 0.998. The summed E-state index contributed by atoms with van der Waals surface area (Å²) in [6, 6.07) is 15.1. The number of hydrogen-bond acceptors (Lipinski definition) is 6. The number of aryl methyl sites for hydroxylation is 1. The van der Waals surface area contributed by atoms with E-state index in [9.17, 15) is 4.79 Å². The van der Waals surface area contributed by atoms with Gasteiger partial charge in [0.1, 0.15) is 5.75 Å². The van der Waals surface area contributed by atoms with Crippen molar-refractivity contribution in [2.75, 3.05) is 19.5 Å². The summed E-state index contributed by atoms with van der Waals surface area (Å²) >= 11 is 0. The van der Waals surface area contributed by atoms with Crippen molar-refractivity contribution in [3.05, 3.63) is 88.9 Å². The first kappa shape index (κ1) is 21.2. The smallest absolute Gasteiger partial charge is 0.294 e. The quantitative estimate of drug-likeness (QED) is 0.474. The molecule has 0 aliphatic rings. The van der Waals surface area contributed by atoms with Crippen molar-refractivity contribution < 1.29 is 9.47 Å². The maximum absolute atomic E-state index is 13.3. The number of benzene rings is 2. The molecule has 0 aliphatic heterocycles. The summed E-state index contributed by atoms with van der Waals surface area (Å²) in [6.45, 7) is 3.86. The molecule has 0 saturated carbocycles. The van der Waals surface area contributed by atoms with Crippen LogP contribution in [0.15, 0.2) is 72.0 Å². The Morgan fingerprint density at radius 2 is 1.78 bits per heavy atom. The second kappa shape index (κ2) is 8.97. The summed E-state index contributed by atoms with van der Waals surface area (Å²) in [5.41, 5.74) is 3.44. The van der Waals surface area contributed by atoms with E-state index in [2.05, 4.69) is 15.4 Å². The number of ether oxygens (including phenoxy) is 2. The molecule has 0 radical (unpaired) electrons. The van der Waals surface area contributed by atoms with Crippen LogP contribution in [0.2, 0.25) is 0 Å². The molecule has 1 N–H and O–H groups in total. The van der Waals surface area contributed by atoms with Crippen molar-refractivity contribution in [3.63, 3.8) is 0 Å². The summed E-state index contributed by atoms with van der Waals surface area (Å²) < 4.78 is 14.3. The number of rotatable bonds is 7. The molecule has 1 atom stereocenters. The molecule has 0 amide bonds. The van der Waals surface area contributed by atoms with Gasteiger partial charge in [-0.3, -0.25) is 4.79 Å². The molecule has 32 heavy (non-hydrogen) atoms. The van der Waals surface area contributed by atoms with Gasteiger partial charge < -0.3 is 19.4 Å². The highest BCUT2D eigenvalue weighted by molar-refractivity contribution is 5.68. The molecule has 2 aromatic heterocycles. The number of methoxy groups -OCH3 is 2. The Morgan fingerprint density at radius 1 is 1.03 bits per heavy atom. The molecular weight excluding hydrogens is 406 g/mol. The highest BCUT2D eigenvalue weighted by Gasteiger charge is 2.18. The van der Waals surface area contributed by atoms with Gasteiger partial charge in [-0.2, -0.15) is 5.10 Å². The van der Waals surface area contributed by atoms with Crippen LogP contribution in [0.3, 0.4) is 0 Å². The van der Waals surface area contributed by atoms with Gasteiger partial charge in [-0.1, -0.05) is 30.3 Å². The van der Waals surface area contributed by atoms with E-state index in [1.54, 1.807) is 19.6 Å². The maximum Gasteiger partial charge on any atom is 0.294 e. The Hall–Kier alpha value is -4.07. The molecule has 0 aliphatic carbocycles. The highest BCUT2D eigenvalue weighted by Crippen LogP contribution is 2.30. The van der Waals surface area contributed by atoms with Crippen LogP contribution in [0.1, 0.15) is 24.2 Å². The molecule has 0 bridgehead atoms. The Labute approximate surface area is 186 Å². The van der Waals surface area contributed by atoms with Crippen LogP contribution in [-0.2, 0) is 0 Å². The fourth-order valence-corrected chi connectivity index (χ4v) is 3.54. The average molecular weight is 431 g/mol. The van der Waals surface area contributed by atoms with Crippen LogP contribution in [-0.4, -0.2) is 33.6 Å². The number of imidazole rings is 1. The molecule has 4 rings (SSSR count). The van der Waals surface area contributed by atoms with Gasteiger partial charge in [0.25, 0.3) is 5.56 Å². The minimum atomic E-state index is -0.283. The zero-order chi connectivity index (χ0) is 22.7. The maximum atomic E-state index is 13.3. The highest BCUT2D eigenvalue weighted by atomic mass is 16.5. The monoisotopic (exact) mass is 431 g/mol. The molecule has 2 aromatic carbocycles. The zero-order valence-electron chi connectivity index (χ0n) is 18.4.